The molecule has 4 nitrogen and oxygen atoms in total. The monoisotopic (exact) mass is 486 g/mol. The van der Waals surface area contributed by atoms with Gasteiger partial charge in [0.05, 0.1) is 15.7 Å². The molecule has 0 fully saturated rings. The normalized spacial score (nSPS) is 13.6. The fraction of sp³-hybridized carbons (Fsp3) is 0.231. The number of rotatable bonds is 9. The lowest BCUT2D eigenvalue weighted by atomic mass is 9.96. The molecular formula is C26H27FO4S2. The van der Waals surface area contributed by atoms with Crippen LogP contribution >= 0.6 is 0 Å². The molecule has 0 amide bonds. The second kappa shape index (κ2) is 9.61. The zero-order chi connectivity index (χ0) is 24.3. The molecule has 3 aromatic rings. The van der Waals surface area contributed by atoms with E-state index in [0.29, 0.717) is 5.92 Å². The Morgan fingerprint density at radius 3 is 1.58 bits per heavy atom. The van der Waals surface area contributed by atoms with Gasteiger partial charge in [-0.25, -0.2) is 21.2 Å². The van der Waals surface area contributed by atoms with Crippen LogP contribution in [0.25, 0.3) is 0 Å². The number of sulfone groups is 2. The molecule has 0 aliphatic rings. The molecular weight excluding hydrogens is 459 g/mol. The summed E-state index contributed by atoms with van der Waals surface area (Å²) < 4.78 is 68.0. The summed E-state index contributed by atoms with van der Waals surface area (Å²) in [6, 6.07) is 20.3. The van der Waals surface area contributed by atoms with Gasteiger partial charge in [-0.05, 0) is 47.7 Å². The molecule has 0 aliphatic carbocycles. The molecule has 33 heavy (non-hydrogen) atoms. The maximum Gasteiger partial charge on any atom is 0.327 e. The maximum absolute atomic E-state index is 17.1. The zero-order valence-electron chi connectivity index (χ0n) is 18.6. The van der Waals surface area contributed by atoms with Crippen LogP contribution in [0.2, 0.25) is 0 Å². The van der Waals surface area contributed by atoms with Gasteiger partial charge in [0.25, 0.3) is 0 Å². The van der Waals surface area contributed by atoms with Crippen molar-refractivity contribution >= 4 is 19.7 Å². The Morgan fingerprint density at radius 2 is 1.21 bits per heavy atom. The lowest BCUT2D eigenvalue weighted by molar-refractivity contribution is 0.331. The van der Waals surface area contributed by atoms with Gasteiger partial charge in [0.2, 0.25) is 19.7 Å². The lowest BCUT2D eigenvalue weighted by Gasteiger charge is -2.31. The first kappa shape index (κ1) is 24.9. The van der Waals surface area contributed by atoms with Crippen molar-refractivity contribution in [1.29, 1.82) is 0 Å². The zero-order valence-corrected chi connectivity index (χ0v) is 20.2. The summed E-state index contributed by atoms with van der Waals surface area (Å²) in [6.07, 6.45) is 1.84. The largest absolute Gasteiger partial charge is 0.327 e. The second-order valence-electron chi connectivity index (χ2n) is 8.27. The van der Waals surface area contributed by atoms with Crippen LogP contribution < -0.4 is 0 Å². The van der Waals surface area contributed by atoms with Crippen LogP contribution in [0.1, 0.15) is 30.9 Å². The lowest BCUT2D eigenvalue weighted by Crippen LogP contribution is -2.47. The molecule has 0 radical (unpaired) electrons. The molecule has 1 atom stereocenters. The molecule has 0 unspecified atom stereocenters. The summed E-state index contributed by atoms with van der Waals surface area (Å²) in [7, 11) is -10.0. The van der Waals surface area contributed by atoms with Crippen LogP contribution in [-0.2, 0) is 26.1 Å². The van der Waals surface area contributed by atoms with Crippen LogP contribution in [-0.4, -0.2) is 21.2 Å². The third-order valence-electron chi connectivity index (χ3n) is 5.43. The average molecular weight is 487 g/mol. The van der Waals surface area contributed by atoms with Crippen molar-refractivity contribution in [1.82, 2.24) is 0 Å². The predicted octanol–water partition coefficient (Wildman–Crippen LogP) is 5.73. The smallest absolute Gasteiger partial charge is 0.219 e. The molecule has 174 valence electrons. The van der Waals surface area contributed by atoms with Gasteiger partial charge in [0, 0.05) is 0 Å². The van der Waals surface area contributed by atoms with E-state index in [1.807, 2.05) is 0 Å². The number of alkyl halides is 1. The van der Waals surface area contributed by atoms with Gasteiger partial charge >= 0.3 is 4.33 Å². The Bertz CT molecular complexity index is 1230. The van der Waals surface area contributed by atoms with E-state index in [1.54, 1.807) is 36.4 Å². The summed E-state index contributed by atoms with van der Waals surface area (Å²) in [5, 5.41) is 0. The minimum atomic E-state index is -5.02. The van der Waals surface area contributed by atoms with E-state index < -0.39 is 39.7 Å². The summed E-state index contributed by atoms with van der Waals surface area (Å²) in [4.78, 5) is -0.842. The van der Waals surface area contributed by atoms with Crippen molar-refractivity contribution in [2.45, 2.75) is 40.3 Å². The first-order chi connectivity index (χ1) is 15.6. The molecule has 0 aliphatic heterocycles. The van der Waals surface area contributed by atoms with Crippen LogP contribution in [0.3, 0.4) is 0 Å². The van der Waals surface area contributed by atoms with Gasteiger partial charge in [-0.15, -0.1) is 6.58 Å². The van der Waals surface area contributed by atoms with Gasteiger partial charge < -0.3 is 0 Å². The quantitative estimate of drug-likeness (QED) is 0.363. The van der Waals surface area contributed by atoms with Crippen LogP contribution in [0.4, 0.5) is 4.39 Å². The number of hydrogen-bond donors (Lipinski definition) is 0. The van der Waals surface area contributed by atoms with E-state index in [2.05, 4.69) is 20.4 Å². The first-order valence-electron chi connectivity index (χ1n) is 10.6. The standard InChI is InChI=1S/C26H27FO4S2/c1-4-25(22-17-15-21(16-18-22)19-20(2)3)26(27,32(28,29)23-11-7-5-8-12-23)33(30,31)24-13-9-6-10-14-24/h4-18,20,25H,1,19H2,2-3H3/t25-/m1/s1. The molecule has 0 spiro atoms. The highest BCUT2D eigenvalue weighted by atomic mass is 32.3. The van der Waals surface area contributed by atoms with Crippen LogP contribution in [0, 0.1) is 5.92 Å². The molecule has 0 saturated heterocycles. The molecule has 3 rings (SSSR count). The molecule has 0 heterocycles. The Labute approximate surface area is 195 Å². The van der Waals surface area contributed by atoms with Crippen molar-refractivity contribution in [2.24, 2.45) is 5.92 Å². The SMILES string of the molecule is C=C[C@H](c1ccc(CC(C)C)cc1)C(F)(S(=O)(=O)c1ccccc1)S(=O)(=O)c1ccccc1. The fourth-order valence-electron chi connectivity index (χ4n) is 3.81. The number of allylic oxidation sites excluding steroid dienone is 1. The van der Waals surface area contributed by atoms with Crippen molar-refractivity contribution in [3.63, 3.8) is 0 Å². The summed E-state index contributed by atoms with van der Waals surface area (Å²) in [5.41, 5.74) is 1.19. The van der Waals surface area contributed by atoms with E-state index in [4.69, 9.17) is 0 Å². The van der Waals surface area contributed by atoms with Gasteiger partial charge in [-0.3, -0.25) is 0 Å². The van der Waals surface area contributed by atoms with Gasteiger partial charge in [0.15, 0.2) is 0 Å². The minimum Gasteiger partial charge on any atom is -0.219 e. The Balaban J connectivity index is 2.27. The number of benzene rings is 3. The van der Waals surface area contributed by atoms with Crippen molar-refractivity contribution in [2.75, 3.05) is 0 Å². The van der Waals surface area contributed by atoms with Crippen LogP contribution in [0.5, 0.6) is 0 Å². The van der Waals surface area contributed by atoms with Crippen LogP contribution in [0.15, 0.2) is 107 Å². The third kappa shape index (κ3) is 4.52. The summed E-state index contributed by atoms with van der Waals surface area (Å²) in [6.45, 7) is 7.74. The minimum absolute atomic E-state index is 0.207. The van der Waals surface area contributed by atoms with Crippen molar-refractivity contribution in [3.8, 4) is 0 Å². The summed E-state index contributed by atoms with van der Waals surface area (Å²) >= 11 is 0. The van der Waals surface area contributed by atoms with E-state index in [1.165, 1.54) is 48.5 Å². The van der Waals surface area contributed by atoms with Crippen molar-refractivity contribution < 1.29 is 21.2 Å². The third-order valence-corrected chi connectivity index (χ3v) is 10.5. The second-order valence-corrected chi connectivity index (χ2v) is 12.7. The molecule has 0 bridgehead atoms. The van der Waals surface area contributed by atoms with Gasteiger partial charge in [0.1, 0.15) is 0 Å². The summed E-state index contributed by atoms with van der Waals surface area (Å²) in [5.74, 6) is -1.27. The molecule has 0 aromatic heterocycles. The molecule has 0 saturated carbocycles. The predicted molar refractivity (Wildman–Crippen MR) is 129 cm³/mol. The van der Waals surface area contributed by atoms with Gasteiger partial charge in [-0.1, -0.05) is 80.6 Å². The molecule has 7 heteroatoms. The highest BCUT2D eigenvalue weighted by Gasteiger charge is 2.62. The fourth-order valence-corrected chi connectivity index (χ4v) is 8.35. The number of halogens is 1. The highest BCUT2D eigenvalue weighted by molar-refractivity contribution is 8.10. The Morgan fingerprint density at radius 1 is 0.788 bits per heavy atom. The molecule has 3 aromatic carbocycles. The van der Waals surface area contributed by atoms with Gasteiger partial charge in [-0.2, -0.15) is 0 Å². The van der Waals surface area contributed by atoms with E-state index >= 15 is 4.39 Å². The first-order valence-corrected chi connectivity index (χ1v) is 13.5. The van der Waals surface area contributed by atoms with E-state index in [-0.39, 0.29) is 5.56 Å². The van der Waals surface area contributed by atoms with E-state index in [0.717, 1.165) is 18.1 Å². The maximum atomic E-state index is 17.1. The molecule has 0 N–H and O–H groups in total. The van der Waals surface area contributed by atoms with Crippen molar-refractivity contribution in [3.05, 3.63) is 109 Å². The Kier molecular flexibility index (Phi) is 7.24. The number of hydrogen-bond acceptors (Lipinski definition) is 4. The topological polar surface area (TPSA) is 68.3 Å². The Hall–Kier alpha value is -2.77. The highest BCUT2D eigenvalue weighted by Crippen LogP contribution is 2.47. The van der Waals surface area contributed by atoms with E-state index in [9.17, 15) is 16.8 Å². The average Bonchev–Trinajstić information content (AvgIpc) is 2.81.